The number of rotatable bonds is 2. The molecule has 104 valence electrons. The van der Waals surface area contributed by atoms with Crippen LogP contribution in [-0.4, -0.2) is 22.4 Å². The van der Waals surface area contributed by atoms with Gasteiger partial charge in [-0.1, -0.05) is 50.9 Å². The summed E-state index contributed by atoms with van der Waals surface area (Å²) < 4.78 is 5.79. The average molecular weight is 326 g/mol. The van der Waals surface area contributed by atoms with Gasteiger partial charge in [0.2, 0.25) is 6.29 Å². The van der Waals surface area contributed by atoms with Crippen molar-refractivity contribution in [3.8, 4) is 0 Å². The molecule has 0 unspecified atom stereocenters. The summed E-state index contributed by atoms with van der Waals surface area (Å²) in [4.78, 5) is 5.61. The lowest BCUT2D eigenvalue weighted by atomic mass is 10.0. The van der Waals surface area contributed by atoms with Gasteiger partial charge in [0.25, 0.3) is 0 Å². The molecule has 4 heteroatoms. The quantitative estimate of drug-likeness (QED) is 0.769. The van der Waals surface area contributed by atoms with Gasteiger partial charge in [-0.2, -0.15) is 0 Å². The Labute approximate surface area is 123 Å². The zero-order valence-corrected chi connectivity index (χ0v) is 13.4. The van der Waals surface area contributed by atoms with E-state index in [1.54, 1.807) is 0 Å². The number of hydrogen-bond acceptors (Lipinski definition) is 3. The molecule has 0 amide bonds. The highest BCUT2D eigenvalue weighted by atomic mass is 79.9. The van der Waals surface area contributed by atoms with Gasteiger partial charge in [0.05, 0.1) is 10.4 Å². The van der Waals surface area contributed by atoms with Gasteiger partial charge in [-0.25, -0.2) is 0 Å². The van der Waals surface area contributed by atoms with Gasteiger partial charge >= 0.3 is 0 Å². The van der Waals surface area contributed by atoms with E-state index in [2.05, 4.69) is 52.3 Å². The number of ether oxygens (including phenoxy) is 1. The van der Waals surface area contributed by atoms with Crippen LogP contribution in [0.1, 0.15) is 38.3 Å². The number of aryl methyl sites for hydroxylation is 1. The summed E-state index contributed by atoms with van der Waals surface area (Å²) in [6.07, 6.45) is 0.461. The van der Waals surface area contributed by atoms with Crippen LogP contribution in [-0.2, 0) is 9.57 Å². The monoisotopic (exact) mass is 325 g/mol. The highest BCUT2D eigenvalue weighted by Gasteiger charge is 2.30. The van der Waals surface area contributed by atoms with Gasteiger partial charge in [0, 0.05) is 12.0 Å². The van der Waals surface area contributed by atoms with Crippen LogP contribution >= 0.6 is 15.9 Å². The van der Waals surface area contributed by atoms with Crippen molar-refractivity contribution in [2.75, 3.05) is 0 Å². The second-order valence-corrected chi connectivity index (χ2v) is 6.92. The van der Waals surface area contributed by atoms with Crippen LogP contribution < -0.4 is 0 Å². The second-order valence-electron chi connectivity index (χ2n) is 5.81. The van der Waals surface area contributed by atoms with Crippen LogP contribution in [0.25, 0.3) is 0 Å². The van der Waals surface area contributed by atoms with Crippen LogP contribution in [0.3, 0.4) is 0 Å². The normalized spacial score (nSPS) is 23.7. The number of benzene rings is 1. The van der Waals surface area contributed by atoms with E-state index < -0.39 is 0 Å². The van der Waals surface area contributed by atoms with Crippen molar-refractivity contribution >= 4 is 21.6 Å². The summed E-state index contributed by atoms with van der Waals surface area (Å²) in [6, 6.07) is 8.29. The third-order valence-corrected chi connectivity index (χ3v) is 3.60. The molecule has 2 rings (SSSR count). The van der Waals surface area contributed by atoms with Gasteiger partial charge in [0.1, 0.15) is 5.71 Å². The molecule has 0 aliphatic carbocycles. The minimum absolute atomic E-state index is 0.149. The van der Waals surface area contributed by atoms with Gasteiger partial charge in [0.15, 0.2) is 0 Å². The van der Waals surface area contributed by atoms with E-state index in [1.165, 1.54) is 5.56 Å². The summed E-state index contributed by atoms with van der Waals surface area (Å²) >= 11 is 3.67. The summed E-state index contributed by atoms with van der Waals surface area (Å²) in [5.41, 5.74) is 3.02. The van der Waals surface area contributed by atoms with Crippen molar-refractivity contribution in [2.45, 2.75) is 50.8 Å². The lowest BCUT2D eigenvalue weighted by molar-refractivity contribution is -0.200. The van der Waals surface area contributed by atoms with Gasteiger partial charge in [-0.15, -0.1) is 0 Å². The second kappa shape index (κ2) is 5.63. The molecule has 0 radical (unpaired) electrons. The molecule has 0 bridgehead atoms. The van der Waals surface area contributed by atoms with Gasteiger partial charge < -0.3 is 9.57 Å². The van der Waals surface area contributed by atoms with Crippen LogP contribution in [0.4, 0.5) is 0 Å². The van der Waals surface area contributed by atoms with Crippen LogP contribution in [0, 0.1) is 6.92 Å². The van der Waals surface area contributed by atoms with Crippen molar-refractivity contribution in [1.29, 1.82) is 0 Å². The first-order valence-corrected chi connectivity index (χ1v) is 7.39. The molecule has 0 saturated carbocycles. The zero-order chi connectivity index (χ0) is 14.0. The highest BCUT2D eigenvalue weighted by molar-refractivity contribution is 9.10. The van der Waals surface area contributed by atoms with Crippen LogP contribution in [0.15, 0.2) is 29.4 Å². The van der Waals surface area contributed by atoms with E-state index in [-0.39, 0.29) is 16.7 Å². The Bertz CT molecular complexity index is 462. The van der Waals surface area contributed by atoms with Crippen molar-refractivity contribution in [3.63, 3.8) is 0 Å². The molecular weight excluding hydrogens is 306 g/mol. The first-order chi connectivity index (χ1) is 8.85. The Morgan fingerprint density at radius 3 is 2.42 bits per heavy atom. The molecule has 2 atom stereocenters. The third kappa shape index (κ3) is 4.05. The zero-order valence-electron chi connectivity index (χ0n) is 11.8. The van der Waals surface area contributed by atoms with Crippen LogP contribution in [0.2, 0.25) is 0 Å². The molecule has 0 aromatic heterocycles. The Kier molecular flexibility index (Phi) is 4.31. The molecule has 0 N–H and O–H groups in total. The molecule has 0 saturated heterocycles. The number of oxime groups is 1. The fraction of sp³-hybridized carbons (Fsp3) is 0.533. The topological polar surface area (TPSA) is 30.8 Å². The largest absolute Gasteiger partial charge is 0.363 e. The maximum atomic E-state index is 5.79. The molecule has 3 nitrogen and oxygen atoms in total. The van der Waals surface area contributed by atoms with E-state index in [0.29, 0.717) is 0 Å². The van der Waals surface area contributed by atoms with Crippen LogP contribution in [0.5, 0.6) is 0 Å². The Hall–Kier alpha value is -0.870. The maximum Gasteiger partial charge on any atom is 0.228 e. The predicted molar refractivity (Wildman–Crippen MR) is 80.8 cm³/mol. The van der Waals surface area contributed by atoms with Gasteiger partial charge in [-0.05, 0) is 27.7 Å². The number of nitrogens with zero attached hydrogens (tertiary/aromatic N) is 1. The number of alkyl halides is 1. The number of hydrogen-bond donors (Lipinski definition) is 0. The molecular formula is C15H20BrNO2. The molecule has 0 fully saturated rings. The SMILES string of the molecule is Cc1ccc(C2=NO[C@@H](OC(C)(C)C)C[C@H]2Br)cc1. The minimum atomic E-state index is -0.293. The Morgan fingerprint density at radius 2 is 1.89 bits per heavy atom. The molecule has 19 heavy (non-hydrogen) atoms. The number of halogens is 1. The third-order valence-electron chi connectivity index (χ3n) is 2.80. The minimum Gasteiger partial charge on any atom is -0.363 e. The molecule has 1 aliphatic heterocycles. The first-order valence-electron chi connectivity index (χ1n) is 6.48. The average Bonchev–Trinajstić information content (AvgIpc) is 2.29. The fourth-order valence-electron chi connectivity index (χ4n) is 1.92. The lowest BCUT2D eigenvalue weighted by Crippen LogP contribution is -2.35. The van der Waals surface area contributed by atoms with Gasteiger partial charge in [-0.3, -0.25) is 0 Å². The molecule has 1 aromatic carbocycles. The molecule has 0 spiro atoms. The predicted octanol–water partition coefficient (Wildman–Crippen LogP) is 4.02. The summed E-state index contributed by atoms with van der Waals surface area (Å²) in [6.45, 7) is 8.11. The lowest BCUT2D eigenvalue weighted by Gasteiger charge is -2.30. The van der Waals surface area contributed by atoms with Crippen molar-refractivity contribution in [1.82, 2.24) is 0 Å². The van der Waals surface area contributed by atoms with E-state index >= 15 is 0 Å². The fourth-order valence-corrected chi connectivity index (χ4v) is 2.57. The summed E-state index contributed by atoms with van der Waals surface area (Å²) in [7, 11) is 0. The molecule has 1 heterocycles. The first kappa shape index (κ1) is 14.5. The maximum absolute atomic E-state index is 5.79. The molecule has 1 aliphatic rings. The molecule has 1 aromatic rings. The van der Waals surface area contributed by atoms with Crippen molar-refractivity contribution in [3.05, 3.63) is 35.4 Å². The Morgan fingerprint density at radius 1 is 1.26 bits per heavy atom. The van der Waals surface area contributed by atoms with E-state index in [1.807, 2.05) is 20.8 Å². The highest BCUT2D eigenvalue weighted by Crippen LogP contribution is 2.26. The van der Waals surface area contributed by atoms with Crippen molar-refractivity contribution < 1.29 is 9.57 Å². The van der Waals surface area contributed by atoms with E-state index in [4.69, 9.17) is 9.57 Å². The van der Waals surface area contributed by atoms with E-state index in [9.17, 15) is 0 Å². The Balaban J connectivity index is 2.10. The van der Waals surface area contributed by atoms with E-state index in [0.717, 1.165) is 17.7 Å². The smallest absolute Gasteiger partial charge is 0.228 e. The standard InChI is InChI=1S/C15H20BrNO2/c1-10-5-7-11(8-6-10)14-12(16)9-13(19-17-14)18-15(2,3)4/h5-8,12-13H,9H2,1-4H3/t12-,13-/m1/s1. The van der Waals surface area contributed by atoms with Crippen molar-refractivity contribution in [2.24, 2.45) is 5.16 Å². The summed E-state index contributed by atoms with van der Waals surface area (Å²) in [5.74, 6) is 0. The summed E-state index contributed by atoms with van der Waals surface area (Å²) in [5, 5.41) is 4.22.